The van der Waals surface area contributed by atoms with Gasteiger partial charge in [-0.1, -0.05) is 30.8 Å². The smallest absolute Gasteiger partial charge is 0.268 e. The standard InChI is InChI=1S/C23H21N5O2/c1-15(28(2)3)16-5-7-17(8-6-16)20-13-24-14-21(25-20)23-27-26-22(30-23)18-9-11-19(29-4)12-10-18/h5-14H,1H2,2-4H3. The van der Waals surface area contributed by atoms with Gasteiger partial charge in [-0.05, 0) is 29.8 Å². The topological polar surface area (TPSA) is 77.2 Å². The molecule has 0 aliphatic carbocycles. The minimum absolute atomic E-state index is 0.313. The zero-order valence-corrected chi connectivity index (χ0v) is 17.0. The highest BCUT2D eigenvalue weighted by atomic mass is 16.5. The maximum atomic E-state index is 5.81. The van der Waals surface area contributed by atoms with E-state index in [1.807, 2.05) is 67.5 Å². The predicted octanol–water partition coefficient (Wildman–Crippen LogP) is 4.40. The summed E-state index contributed by atoms with van der Waals surface area (Å²) in [5.74, 6) is 1.48. The molecule has 4 aromatic rings. The molecule has 0 bridgehead atoms. The Kier molecular flexibility index (Phi) is 5.26. The fourth-order valence-electron chi connectivity index (χ4n) is 2.88. The summed E-state index contributed by atoms with van der Waals surface area (Å²) in [6.45, 7) is 4.08. The van der Waals surface area contributed by atoms with E-state index in [2.05, 4.69) is 26.7 Å². The molecule has 0 saturated heterocycles. The van der Waals surface area contributed by atoms with E-state index in [1.54, 1.807) is 19.5 Å². The maximum Gasteiger partial charge on any atom is 0.268 e. The first-order chi connectivity index (χ1) is 14.5. The minimum atomic E-state index is 0.313. The fraction of sp³-hybridized carbons (Fsp3) is 0.130. The van der Waals surface area contributed by atoms with Crippen molar-refractivity contribution in [2.45, 2.75) is 0 Å². The predicted molar refractivity (Wildman–Crippen MR) is 115 cm³/mol. The third-order valence-electron chi connectivity index (χ3n) is 4.67. The molecule has 0 spiro atoms. The van der Waals surface area contributed by atoms with Crippen molar-refractivity contribution in [3.63, 3.8) is 0 Å². The average molecular weight is 399 g/mol. The zero-order valence-electron chi connectivity index (χ0n) is 17.0. The Balaban J connectivity index is 1.59. The van der Waals surface area contributed by atoms with Gasteiger partial charge in [-0.15, -0.1) is 10.2 Å². The molecule has 0 unspecified atom stereocenters. The van der Waals surface area contributed by atoms with E-state index in [0.717, 1.165) is 33.8 Å². The van der Waals surface area contributed by atoms with Crippen LogP contribution in [0.15, 0.2) is 71.9 Å². The van der Waals surface area contributed by atoms with Crippen LogP contribution < -0.4 is 4.74 Å². The lowest BCUT2D eigenvalue weighted by Gasteiger charge is -2.15. The summed E-state index contributed by atoms with van der Waals surface area (Å²) in [7, 11) is 5.56. The van der Waals surface area contributed by atoms with Crippen molar-refractivity contribution in [2.24, 2.45) is 0 Å². The van der Waals surface area contributed by atoms with E-state index in [1.165, 1.54) is 0 Å². The largest absolute Gasteiger partial charge is 0.497 e. The van der Waals surface area contributed by atoms with E-state index in [4.69, 9.17) is 9.15 Å². The number of hydrogen-bond acceptors (Lipinski definition) is 7. The van der Waals surface area contributed by atoms with Crippen molar-refractivity contribution in [1.82, 2.24) is 25.1 Å². The lowest BCUT2D eigenvalue weighted by Crippen LogP contribution is -2.08. The van der Waals surface area contributed by atoms with Crippen LogP contribution in [0.3, 0.4) is 0 Å². The number of methoxy groups -OCH3 is 1. The molecule has 7 nitrogen and oxygen atoms in total. The van der Waals surface area contributed by atoms with Crippen molar-refractivity contribution >= 4 is 5.70 Å². The quantitative estimate of drug-likeness (QED) is 0.475. The molecule has 0 atom stereocenters. The van der Waals surface area contributed by atoms with Crippen molar-refractivity contribution < 1.29 is 9.15 Å². The molecule has 0 amide bonds. The van der Waals surface area contributed by atoms with E-state index in [0.29, 0.717) is 17.5 Å². The Labute approximate surface area is 174 Å². The summed E-state index contributed by atoms with van der Waals surface area (Å²) in [5.41, 5.74) is 4.97. The Bertz CT molecular complexity index is 1160. The van der Waals surface area contributed by atoms with Crippen LogP contribution in [0.4, 0.5) is 0 Å². The van der Waals surface area contributed by atoms with Gasteiger partial charge < -0.3 is 14.1 Å². The molecule has 0 aliphatic rings. The molecule has 2 heterocycles. The molecule has 0 fully saturated rings. The van der Waals surface area contributed by atoms with Gasteiger partial charge >= 0.3 is 0 Å². The van der Waals surface area contributed by atoms with Crippen molar-refractivity contribution in [2.75, 3.05) is 21.2 Å². The van der Waals surface area contributed by atoms with Crippen molar-refractivity contribution in [1.29, 1.82) is 0 Å². The second-order valence-electron chi connectivity index (χ2n) is 6.85. The second-order valence-corrected chi connectivity index (χ2v) is 6.85. The molecule has 2 aromatic carbocycles. The Morgan fingerprint density at radius 2 is 1.50 bits per heavy atom. The third kappa shape index (κ3) is 3.91. The van der Waals surface area contributed by atoms with Gasteiger partial charge in [0.25, 0.3) is 5.89 Å². The first-order valence-corrected chi connectivity index (χ1v) is 9.32. The van der Waals surface area contributed by atoms with Crippen LogP contribution in [-0.2, 0) is 0 Å². The monoisotopic (exact) mass is 399 g/mol. The molecular formula is C23H21N5O2. The number of rotatable bonds is 6. The summed E-state index contributed by atoms with van der Waals surface area (Å²) < 4.78 is 11.0. The highest BCUT2D eigenvalue weighted by Gasteiger charge is 2.13. The normalized spacial score (nSPS) is 10.6. The van der Waals surface area contributed by atoms with Crippen LogP contribution in [0.1, 0.15) is 5.56 Å². The van der Waals surface area contributed by atoms with Crippen LogP contribution in [0.25, 0.3) is 40.0 Å². The summed E-state index contributed by atoms with van der Waals surface area (Å²) >= 11 is 0. The molecule has 0 radical (unpaired) electrons. The zero-order chi connectivity index (χ0) is 21.1. The van der Waals surface area contributed by atoms with Gasteiger partial charge in [-0.25, -0.2) is 4.98 Å². The van der Waals surface area contributed by atoms with Crippen molar-refractivity contribution in [3.05, 3.63) is 73.1 Å². The minimum Gasteiger partial charge on any atom is -0.497 e. The van der Waals surface area contributed by atoms with Gasteiger partial charge in [0.2, 0.25) is 5.89 Å². The van der Waals surface area contributed by atoms with Crippen LogP contribution >= 0.6 is 0 Å². The maximum absolute atomic E-state index is 5.81. The Morgan fingerprint density at radius 3 is 2.17 bits per heavy atom. The molecule has 150 valence electrons. The SMILES string of the molecule is C=C(c1ccc(-c2cncc(-c3nnc(-c4ccc(OC)cc4)o3)n2)cc1)N(C)C. The lowest BCUT2D eigenvalue weighted by atomic mass is 10.1. The molecule has 0 aliphatic heterocycles. The van der Waals surface area contributed by atoms with Gasteiger partial charge in [0.15, 0.2) is 0 Å². The van der Waals surface area contributed by atoms with E-state index >= 15 is 0 Å². The summed E-state index contributed by atoms with van der Waals surface area (Å²) in [6.07, 6.45) is 3.32. The molecule has 2 aromatic heterocycles. The highest BCUT2D eigenvalue weighted by Crippen LogP contribution is 2.26. The lowest BCUT2D eigenvalue weighted by molar-refractivity contribution is 0.415. The summed E-state index contributed by atoms with van der Waals surface area (Å²) in [5, 5.41) is 8.26. The highest BCUT2D eigenvalue weighted by molar-refractivity contribution is 5.67. The Morgan fingerprint density at radius 1 is 0.867 bits per heavy atom. The van der Waals surface area contributed by atoms with Crippen LogP contribution in [0, 0.1) is 0 Å². The van der Waals surface area contributed by atoms with Crippen molar-refractivity contribution in [3.8, 4) is 40.0 Å². The molecule has 7 heteroatoms. The van der Waals surface area contributed by atoms with E-state index < -0.39 is 0 Å². The molecular weight excluding hydrogens is 378 g/mol. The number of benzene rings is 2. The summed E-state index contributed by atoms with van der Waals surface area (Å²) in [6, 6.07) is 15.4. The average Bonchev–Trinajstić information content (AvgIpc) is 3.29. The first-order valence-electron chi connectivity index (χ1n) is 9.32. The van der Waals surface area contributed by atoms with Crippen LogP contribution in [-0.4, -0.2) is 46.3 Å². The molecule has 0 N–H and O–H groups in total. The van der Waals surface area contributed by atoms with Gasteiger partial charge in [0.1, 0.15) is 11.4 Å². The molecule has 0 saturated carbocycles. The molecule has 30 heavy (non-hydrogen) atoms. The van der Waals surface area contributed by atoms with Gasteiger partial charge in [-0.3, -0.25) is 4.98 Å². The summed E-state index contributed by atoms with van der Waals surface area (Å²) in [4.78, 5) is 10.9. The van der Waals surface area contributed by atoms with Gasteiger partial charge in [0.05, 0.1) is 25.2 Å². The fourth-order valence-corrected chi connectivity index (χ4v) is 2.88. The van der Waals surface area contributed by atoms with E-state index in [-0.39, 0.29) is 0 Å². The van der Waals surface area contributed by atoms with Gasteiger partial charge in [0, 0.05) is 30.9 Å². The van der Waals surface area contributed by atoms with Crippen LogP contribution in [0.5, 0.6) is 5.75 Å². The second kappa shape index (κ2) is 8.16. The number of hydrogen-bond donors (Lipinski definition) is 0. The third-order valence-corrected chi connectivity index (χ3v) is 4.67. The Hall–Kier alpha value is -4.00. The number of aromatic nitrogens is 4. The first kappa shape index (κ1) is 19.3. The number of ether oxygens (including phenoxy) is 1. The van der Waals surface area contributed by atoms with Crippen LogP contribution in [0.2, 0.25) is 0 Å². The number of nitrogens with zero attached hydrogens (tertiary/aromatic N) is 5. The van der Waals surface area contributed by atoms with Gasteiger partial charge in [-0.2, -0.15) is 0 Å². The van der Waals surface area contributed by atoms with E-state index in [9.17, 15) is 0 Å². The molecule has 4 rings (SSSR count).